The summed E-state index contributed by atoms with van der Waals surface area (Å²) in [6.45, 7) is 5.88. The van der Waals surface area contributed by atoms with Crippen molar-refractivity contribution >= 4 is 28.5 Å². The first-order chi connectivity index (χ1) is 16.5. The summed E-state index contributed by atoms with van der Waals surface area (Å²) in [7, 11) is 0. The van der Waals surface area contributed by atoms with Crippen LogP contribution in [0.1, 0.15) is 19.4 Å². The van der Waals surface area contributed by atoms with Gasteiger partial charge in [0.25, 0.3) is 0 Å². The standard InChI is InChI=1S/C26H28N6O2/c1-3-19-4-7-22(8-5-19)32-17-21(15-28-32)20-6-9-24-23(14-20)25(16-27-24)29-26(34)31-12-10-30(11-13-31)18(2)33/h4-9,14-17,27H,3,10-13H2,1-2H3,(H,29,34). The molecule has 1 aliphatic rings. The fourth-order valence-electron chi connectivity index (χ4n) is 4.32. The maximum absolute atomic E-state index is 12.8. The fourth-order valence-corrected chi connectivity index (χ4v) is 4.32. The molecule has 0 radical (unpaired) electrons. The first-order valence-electron chi connectivity index (χ1n) is 11.6. The number of fused-ring (bicyclic) bond motifs is 1. The van der Waals surface area contributed by atoms with Crippen LogP contribution in [0.5, 0.6) is 0 Å². The van der Waals surface area contributed by atoms with Crippen LogP contribution in [0.4, 0.5) is 10.5 Å². The maximum Gasteiger partial charge on any atom is 0.322 e. The molecule has 1 aliphatic heterocycles. The third-order valence-electron chi connectivity index (χ3n) is 6.46. The number of hydrogen-bond acceptors (Lipinski definition) is 3. The molecule has 3 amide bonds. The molecule has 2 N–H and O–H groups in total. The van der Waals surface area contributed by atoms with Crippen LogP contribution in [-0.4, -0.2) is 62.7 Å². The number of aromatic nitrogens is 3. The Bertz CT molecular complexity index is 1330. The summed E-state index contributed by atoms with van der Waals surface area (Å²) in [6, 6.07) is 14.4. The van der Waals surface area contributed by atoms with Crippen molar-refractivity contribution < 1.29 is 9.59 Å². The summed E-state index contributed by atoms with van der Waals surface area (Å²) in [6.07, 6.45) is 6.70. The fraction of sp³-hybridized carbons (Fsp3) is 0.269. The number of rotatable bonds is 4. The van der Waals surface area contributed by atoms with Gasteiger partial charge in [-0.2, -0.15) is 5.10 Å². The summed E-state index contributed by atoms with van der Waals surface area (Å²) in [5.74, 6) is 0.0468. The number of carbonyl (C=O) groups is 2. The molecule has 2 aromatic heterocycles. The molecule has 0 atom stereocenters. The Hall–Kier alpha value is -4.07. The average molecular weight is 457 g/mol. The van der Waals surface area contributed by atoms with Crippen LogP contribution < -0.4 is 5.32 Å². The van der Waals surface area contributed by atoms with Crippen LogP contribution in [0.15, 0.2) is 61.1 Å². The van der Waals surface area contributed by atoms with Gasteiger partial charge >= 0.3 is 6.03 Å². The van der Waals surface area contributed by atoms with Crippen LogP contribution in [-0.2, 0) is 11.2 Å². The van der Waals surface area contributed by atoms with Gasteiger partial charge in [-0.05, 0) is 41.8 Å². The Balaban J connectivity index is 1.34. The van der Waals surface area contributed by atoms with Gasteiger partial charge < -0.3 is 20.1 Å². The van der Waals surface area contributed by atoms with E-state index in [4.69, 9.17) is 0 Å². The second-order valence-electron chi connectivity index (χ2n) is 8.58. The summed E-state index contributed by atoms with van der Waals surface area (Å²) in [5, 5.41) is 8.51. The number of H-pyrrole nitrogens is 1. The number of nitrogens with zero attached hydrogens (tertiary/aromatic N) is 4. The predicted molar refractivity (Wildman–Crippen MR) is 133 cm³/mol. The van der Waals surface area contributed by atoms with E-state index in [0.717, 1.165) is 39.8 Å². The van der Waals surface area contributed by atoms with Gasteiger partial charge in [0.2, 0.25) is 5.91 Å². The van der Waals surface area contributed by atoms with E-state index in [0.29, 0.717) is 26.2 Å². The minimum atomic E-state index is -0.155. The number of anilines is 1. The number of aryl methyl sites for hydroxylation is 1. The average Bonchev–Trinajstić information content (AvgIpc) is 3.51. The number of urea groups is 1. The van der Waals surface area contributed by atoms with E-state index < -0.39 is 0 Å². The van der Waals surface area contributed by atoms with Crippen LogP contribution >= 0.6 is 0 Å². The first-order valence-corrected chi connectivity index (χ1v) is 11.6. The van der Waals surface area contributed by atoms with Gasteiger partial charge in [0.15, 0.2) is 0 Å². The second kappa shape index (κ2) is 9.05. The Labute approximate surface area is 198 Å². The zero-order valence-corrected chi connectivity index (χ0v) is 19.4. The van der Waals surface area contributed by atoms with Crippen molar-refractivity contribution in [2.24, 2.45) is 0 Å². The van der Waals surface area contributed by atoms with Gasteiger partial charge in [0, 0.05) is 62.0 Å². The van der Waals surface area contributed by atoms with Crippen LogP contribution in [0.25, 0.3) is 27.7 Å². The summed E-state index contributed by atoms with van der Waals surface area (Å²) in [5.41, 5.74) is 6.02. The van der Waals surface area contributed by atoms with Gasteiger partial charge in [-0.25, -0.2) is 9.48 Å². The molecular weight excluding hydrogens is 428 g/mol. The molecule has 4 aromatic rings. The molecule has 5 rings (SSSR count). The zero-order valence-electron chi connectivity index (χ0n) is 19.4. The SMILES string of the molecule is CCc1ccc(-n2cc(-c3ccc4[nH]cc(NC(=O)N5CCN(C(C)=O)CC5)c4c3)cn2)cc1. The molecule has 0 saturated carbocycles. The minimum absolute atomic E-state index is 0.0468. The number of aromatic amines is 1. The van der Waals surface area contributed by atoms with E-state index in [2.05, 4.69) is 52.7 Å². The summed E-state index contributed by atoms with van der Waals surface area (Å²) < 4.78 is 1.87. The van der Waals surface area contributed by atoms with Crippen LogP contribution in [0.2, 0.25) is 0 Å². The van der Waals surface area contributed by atoms with Crippen molar-refractivity contribution in [2.75, 3.05) is 31.5 Å². The second-order valence-corrected chi connectivity index (χ2v) is 8.58. The highest BCUT2D eigenvalue weighted by Gasteiger charge is 2.23. The largest absolute Gasteiger partial charge is 0.359 e. The number of hydrogen-bond donors (Lipinski definition) is 2. The first kappa shape index (κ1) is 21.8. The van der Waals surface area contributed by atoms with E-state index in [1.54, 1.807) is 16.7 Å². The molecule has 1 fully saturated rings. The van der Waals surface area contributed by atoms with Gasteiger partial charge in [0.05, 0.1) is 17.6 Å². The van der Waals surface area contributed by atoms with Crippen molar-refractivity contribution in [2.45, 2.75) is 20.3 Å². The molecule has 34 heavy (non-hydrogen) atoms. The number of nitrogens with one attached hydrogen (secondary N) is 2. The van der Waals surface area contributed by atoms with Crippen molar-refractivity contribution in [3.05, 3.63) is 66.6 Å². The molecular formula is C26H28N6O2. The number of carbonyl (C=O) groups excluding carboxylic acids is 2. The third-order valence-corrected chi connectivity index (χ3v) is 6.46. The molecule has 3 heterocycles. The van der Waals surface area contributed by atoms with Gasteiger partial charge in [-0.1, -0.05) is 25.1 Å². The minimum Gasteiger partial charge on any atom is -0.359 e. The normalized spacial score (nSPS) is 13.9. The highest BCUT2D eigenvalue weighted by Crippen LogP contribution is 2.29. The lowest BCUT2D eigenvalue weighted by molar-refractivity contribution is -0.130. The molecule has 0 spiro atoms. The Morgan fingerprint density at radius 1 is 1.00 bits per heavy atom. The van der Waals surface area contributed by atoms with Crippen molar-refractivity contribution in [3.63, 3.8) is 0 Å². The third kappa shape index (κ3) is 4.26. The molecule has 0 aliphatic carbocycles. The van der Waals surface area contributed by atoms with E-state index in [9.17, 15) is 9.59 Å². The summed E-state index contributed by atoms with van der Waals surface area (Å²) >= 11 is 0. The van der Waals surface area contributed by atoms with Gasteiger partial charge in [-0.3, -0.25) is 4.79 Å². The number of amides is 3. The molecule has 1 saturated heterocycles. The smallest absolute Gasteiger partial charge is 0.322 e. The maximum atomic E-state index is 12.8. The topological polar surface area (TPSA) is 86.3 Å². The quantitative estimate of drug-likeness (QED) is 0.481. The molecule has 8 heteroatoms. The van der Waals surface area contributed by atoms with E-state index >= 15 is 0 Å². The molecule has 0 unspecified atom stereocenters. The highest BCUT2D eigenvalue weighted by atomic mass is 16.2. The molecule has 174 valence electrons. The molecule has 2 aromatic carbocycles. The summed E-state index contributed by atoms with van der Waals surface area (Å²) in [4.78, 5) is 31.1. The molecule has 8 nitrogen and oxygen atoms in total. The Morgan fingerprint density at radius 2 is 1.74 bits per heavy atom. The van der Waals surface area contributed by atoms with E-state index in [1.807, 2.05) is 35.4 Å². The lowest BCUT2D eigenvalue weighted by Crippen LogP contribution is -2.51. The Kier molecular flexibility index (Phi) is 5.79. The lowest BCUT2D eigenvalue weighted by Gasteiger charge is -2.34. The van der Waals surface area contributed by atoms with Crippen LogP contribution in [0, 0.1) is 0 Å². The van der Waals surface area contributed by atoms with Gasteiger partial charge in [-0.15, -0.1) is 0 Å². The molecule has 0 bridgehead atoms. The van der Waals surface area contributed by atoms with Crippen molar-refractivity contribution in [1.82, 2.24) is 24.6 Å². The lowest BCUT2D eigenvalue weighted by atomic mass is 10.1. The number of benzene rings is 2. The predicted octanol–water partition coefficient (Wildman–Crippen LogP) is 4.28. The van der Waals surface area contributed by atoms with Gasteiger partial charge in [0.1, 0.15) is 0 Å². The van der Waals surface area contributed by atoms with E-state index in [1.165, 1.54) is 5.56 Å². The van der Waals surface area contributed by atoms with Crippen molar-refractivity contribution in [3.8, 4) is 16.8 Å². The highest BCUT2D eigenvalue weighted by molar-refractivity contribution is 6.02. The number of piperazine rings is 1. The monoisotopic (exact) mass is 456 g/mol. The van der Waals surface area contributed by atoms with Crippen molar-refractivity contribution in [1.29, 1.82) is 0 Å². The van der Waals surface area contributed by atoms with Crippen LogP contribution in [0.3, 0.4) is 0 Å². The van der Waals surface area contributed by atoms with E-state index in [-0.39, 0.29) is 11.9 Å². The zero-order chi connectivity index (χ0) is 23.7. The Morgan fingerprint density at radius 3 is 2.44 bits per heavy atom.